The summed E-state index contributed by atoms with van der Waals surface area (Å²) >= 11 is 0. The highest BCUT2D eigenvalue weighted by Crippen LogP contribution is 2.36. The smallest absolute Gasteiger partial charge is 0.435 e. The number of amides is 1. The summed E-state index contributed by atoms with van der Waals surface area (Å²) in [4.78, 5) is 53.4. The highest BCUT2D eigenvalue weighted by Gasteiger charge is 2.29. The number of methoxy groups -OCH3 is 1. The number of carbonyl (C=O) groups excluding carboxylic acids is 3. The van der Waals surface area contributed by atoms with Gasteiger partial charge in [0.2, 0.25) is 6.79 Å². The molecule has 1 unspecified atom stereocenters. The molecule has 1 aliphatic carbocycles. The Balaban J connectivity index is 1.50. The van der Waals surface area contributed by atoms with Gasteiger partial charge in [0.05, 0.1) is 19.6 Å². The predicted molar refractivity (Wildman–Crippen MR) is 204 cm³/mol. The number of halogens is 1. The van der Waals surface area contributed by atoms with Gasteiger partial charge in [0.25, 0.3) is 5.95 Å². The molecule has 3 N–H and O–H groups in total. The van der Waals surface area contributed by atoms with E-state index in [1.807, 2.05) is 20.8 Å². The molecule has 304 valence electrons. The number of ether oxygens (including phenoxy) is 6. The van der Waals surface area contributed by atoms with Crippen LogP contribution >= 0.6 is 0 Å². The van der Waals surface area contributed by atoms with Crippen molar-refractivity contribution in [3.8, 4) is 23.5 Å². The Morgan fingerprint density at radius 1 is 1.00 bits per heavy atom. The summed E-state index contributed by atoms with van der Waals surface area (Å²) in [6, 6.07) is 9.60. The topological polar surface area (TPSA) is 213 Å². The molecule has 1 fully saturated rings. The van der Waals surface area contributed by atoms with Crippen LogP contribution in [0.4, 0.5) is 14.9 Å². The number of hydrogen-bond acceptors (Lipinski definition) is 14. The van der Waals surface area contributed by atoms with Gasteiger partial charge >= 0.3 is 24.0 Å². The van der Waals surface area contributed by atoms with Crippen LogP contribution in [0.2, 0.25) is 0 Å². The maximum atomic E-state index is 16.6. The van der Waals surface area contributed by atoms with Gasteiger partial charge in [-0.15, -0.1) is 9.78 Å². The van der Waals surface area contributed by atoms with Crippen molar-refractivity contribution in [2.45, 2.75) is 65.8 Å². The van der Waals surface area contributed by atoms with Crippen LogP contribution in [0.15, 0.2) is 59.9 Å². The number of hydrogen-bond donors (Lipinski definition) is 2. The fourth-order valence-corrected chi connectivity index (χ4v) is 5.68. The van der Waals surface area contributed by atoms with E-state index >= 15 is 4.39 Å². The molecule has 0 bridgehead atoms. The van der Waals surface area contributed by atoms with Crippen molar-refractivity contribution in [3.63, 3.8) is 0 Å². The molecule has 5 rings (SSSR count). The lowest BCUT2D eigenvalue weighted by Gasteiger charge is -2.21. The number of anilines is 1. The highest BCUT2D eigenvalue weighted by atomic mass is 19.1. The molecule has 57 heavy (non-hydrogen) atoms. The van der Waals surface area contributed by atoms with Crippen molar-refractivity contribution in [3.05, 3.63) is 77.6 Å². The number of nitrogens with two attached hydrogens (primary N) is 1. The molecule has 2 heterocycles. The summed E-state index contributed by atoms with van der Waals surface area (Å²) in [5.41, 5.74) is 6.73. The van der Waals surface area contributed by atoms with Crippen LogP contribution in [0.1, 0.15) is 82.8 Å². The van der Waals surface area contributed by atoms with Crippen LogP contribution in [0.3, 0.4) is 0 Å². The molecule has 1 saturated carbocycles. The van der Waals surface area contributed by atoms with Crippen LogP contribution in [-0.2, 0) is 23.8 Å². The first-order valence-electron chi connectivity index (χ1n) is 18.4. The fraction of sp³-hybridized carbons (Fsp3) is 0.436. The van der Waals surface area contributed by atoms with Gasteiger partial charge in [-0.05, 0) is 54.7 Å². The van der Waals surface area contributed by atoms with Gasteiger partial charge < -0.3 is 39.5 Å². The van der Waals surface area contributed by atoms with Crippen LogP contribution in [0.25, 0.3) is 5.95 Å². The van der Waals surface area contributed by atoms with Crippen molar-refractivity contribution in [2.24, 2.45) is 22.1 Å². The number of carbonyl (C=O) groups is 3. The third-order valence-corrected chi connectivity index (χ3v) is 8.49. The minimum atomic E-state index is -1.17. The quantitative estimate of drug-likeness (QED) is 0.0348. The standard InChI is InChI=1S/C39H47FN8O9/c1-24(49)53-18-19-54-30-21-28(52-5)20-29(31(30)40)32(44-27-14-12-25(13-15-27)33(41)45-38(51)55-22-39(2,3)4)34-46-37(48(47-34)36-42-16-9-17-43-36)57-23-56-35(50)26-10-7-6-8-11-26/h9,12-17,20-21,26,32,44H,6-8,10-11,18-19,22-23H2,1-5H3,(H2,41,45,51). The van der Waals surface area contributed by atoms with Gasteiger partial charge in [-0.2, -0.15) is 9.98 Å². The maximum absolute atomic E-state index is 16.6. The average molecular weight is 791 g/mol. The molecule has 0 aliphatic heterocycles. The number of aliphatic imine (C=N–C) groups is 1. The van der Waals surface area contributed by atoms with Crippen LogP contribution in [-0.4, -0.2) is 82.3 Å². The van der Waals surface area contributed by atoms with Crippen molar-refractivity contribution in [1.29, 1.82) is 0 Å². The summed E-state index contributed by atoms with van der Waals surface area (Å²) in [5, 5.41) is 7.88. The third-order valence-electron chi connectivity index (χ3n) is 8.49. The van der Waals surface area contributed by atoms with Crippen LogP contribution in [0.5, 0.6) is 17.5 Å². The molecule has 1 amide bonds. The fourth-order valence-electron chi connectivity index (χ4n) is 5.68. The summed E-state index contributed by atoms with van der Waals surface area (Å²) in [5.74, 6) is -1.86. The van der Waals surface area contributed by atoms with E-state index < -0.39 is 30.7 Å². The summed E-state index contributed by atoms with van der Waals surface area (Å²) < 4.78 is 50.4. The largest absolute Gasteiger partial charge is 0.497 e. The molecule has 0 radical (unpaired) electrons. The van der Waals surface area contributed by atoms with Gasteiger partial charge in [-0.1, -0.05) is 40.0 Å². The van der Waals surface area contributed by atoms with E-state index in [9.17, 15) is 14.4 Å². The van der Waals surface area contributed by atoms with Gasteiger partial charge in [-0.3, -0.25) is 9.59 Å². The number of nitrogens with zero attached hydrogens (tertiary/aromatic N) is 6. The number of nitrogens with one attached hydrogen (secondary N) is 1. The molecule has 18 heteroatoms. The molecule has 1 atom stereocenters. The number of esters is 2. The summed E-state index contributed by atoms with van der Waals surface area (Å²) in [7, 11) is 1.41. The SMILES string of the molecule is COc1cc(OCCOC(C)=O)c(F)c(C(Nc2ccc(C(N)=NC(=O)OCC(C)(C)C)cc2)c2nc(OCOC(=O)C3CCCCC3)n(-c3ncccn3)n2)c1. The Kier molecular flexibility index (Phi) is 14.3. The second kappa shape index (κ2) is 19.5. The molecular weight excluding hydrogens is 743 g/mol. The third kappa shape index (κ3) is 12.1. The van der Waals surface area contributed by atoms with Gasteiger partial charge in [0.15, 0.2) is 17.4 Å². The van der Waals surface area contributed by atoms with Crippen LogP contribution < -0.4 is 25.3 Å². The normalized spacial score (nSPS) is 14.0. The second-order valence-corrected chi connectivity index (χ2v) is 14.3. The van der Waals surface area contributed by atoms with Crippen molar-refractivity contribution < 1.29 is 47.2 Å². The lowest BCUT2D eigenvalue weighted by Crippen LogP contribution is -2.22. The summed E-state index contributed by atoms with van der Waals surface area (Å²) in [6.07, 6.45) is 6.64. The number of rotatable bonds is 16. The Morgan fingerprint density at radius 3 is 2.39 bits per heavy atom. The Labute approximate surface area is 329 Å². The van der Waals surface area contributed by atoms with Gasteiger partial charge in [0, 0.05) is 42.2 Å². The first-order chi connectivity index (χ1) is 27.3. The molecule has 0 spiro atoms. The lowest BCUT2D eigenvalue weighted by molar-refractivity contribution is -0.156. The number of aromatic nitrogens is 5. The monoisotopic (exact) mass is 790 g/mol. The first-order valence-corrected chi connectivity index (χ1v) is 18.4. The van der Waals surface area contributed by atoms with Crippen molar-refractivity contribution in [1.82, 2.24) is 24.7 Å². The Hall–Kier alpha value is -6.33. The minimum Gasteiger partial charge on any atom is -0.497 e. The van der Waals surface area contributed by atoms with Gasteiger partial charge in [-0.25, -0.2) is 19.2 Å². The summed E-state index contributed by atoms with van der Waals surface area (Å²) in [6.45, 7) is 6.43. The zero-order chi connectivity index (χ0) is 41.0. The Bertz CT molecular complexity index is 2010. The van der Waals surface area contributed by atoms with E-state index in [1.54, 1.807) is 30.3 Å². The molecule has 17 nitrogen and oxygen atoms in total. The highest BCUT2D eigenvalue weighted by molar-refractivity contribution is 6.02. The number of amidine groups is 1. The van der Waals surface area contributed by atoms with E-state index in [0.717, 1.165) is 32.1 Å². The second-order valence-electron chi connectivity index (χ2n) is 14.3. The molecule has 1 aliphatic rings. The lowest BCUT2D eigenvalue weighted by atomic mass is 9.89. The molecule has 2 aromatic carbocycles. The molecule has 2 aromatic heterocycles. The van der Waals surface area contributed by atoms with E-state index in [4.69, 9.17) is 34.2 Å². The van der Waals surface area contributed by atoms with E-state index in [0.29, 0.717) is 11.3 Å². The van der Waals surface area contributed by atoms with E-state index in [1.165, 1.54) is 43.2 Å². The average Bonchev–Trinajstić information content (AvgIpc) is 3.62. The van der Waals surface area contributed by atoms with Crippen LogP contribution in [0, 0.1) is 17.2 Å². The zero-order valence-corrected chi connectivity index (χ0v) is 32.5. The Morgan fingerprint density at radius 2 is 1.72 bits per heavy atom. The van der Waals surface area contributed by atoms with E-state index in [2.05, 4.69) is 30.4 Å². The molecule has 0 saturated heterocycles. The van der Waals surface area contributed by atoms with Crippen molar-refractivity contribution in [2.75, 3.05) is 39.0 Å². The van der Waals surface area contributed by atoms with Gasteiger partial charge in [0.1, 0.15) is 30.8 Å². The number of benzene rings is 2. The molecule has 4 aromatic rings. The van der Waals surface area contributed by atoms with E-state index in [-0.39, 0.29) is 77.8 Å². The first kappa shape index (κ1) is 41.8. The minimum absolute atomic E-state index is 0.00927. The zero-order valence-electron chi connectivity index (χ0n) is 32.5. The van der Waals surface area contributed by atoms with Crippen molar-refractivity contribution >= 4 is 29.6 Å². The molecular formula is C39H47FN8O9. The predicted octanol–water partition coefficient (Wildman–Crippen LogP) is 5.70. The maximum Gasteiger partial charge on any atom is 0.435 e.